The Bertz CT molecular complexity index is 409. The molecule has 0 unspecified atom stereocenters. The molecule has 0 aromatic heterocycles. The fraction of sp³-hybridized carbons (Fsp3) is 0.533. The van der Waals surface area contributed by atoms with Gasteiger partial charge >= 0.3 is 0 Å². The van der Waals surface area contributed by atoms with Gasteiger partial charge in [-0.2, -0.15) is 0 Å². The van der Waals surface area contributed by atoms with Crippen LogP contribution in [0.3, 0.4) is 0 Å². The normalized spacial score (nSPS) is 23.7. The number of Topliss-reactive ketones (excluding diaryl/α,β-unsaturated/α-hetero) is 1. The van der Waals surface area contributed by atoms with Gasteiger partial charge in [0.1, 0.15) is 5.75 Å². The summed E-state index contributed by atoms with van der Waals surface area (Å²) in [6.07, 6.45) is 3.71. The molecule has 0 heterocycles. The Morgan fingerprint density at radius 1 is 1.28 bits per heavy atom. The summed E-state index contributed by atoms with van der Waals surface area (Å²) in [5.41, 5.74) is 6.60. The van der Waals surface area contributed by atoms with Gasteiger partial charge in [-0.05, 0) is 44.7 Å². The molecule has 1 aromatic rings. The van der Waals surface area contributed by atoms with Gasteiger partial charge in [0.05, 0.1) is 12.2 Å². The summed E-state index contributed by atoms with van der Waals surface area (Å²) >= 11 is 0. The first-order valence-corrected chi connectivity index (χ1v) is 6.74. The van der Waals surface area contributed by atoms with Gasteiger partial charge in [-0.1, -0.05) is 12.1 Å². The van der Waals surface area contributed by atoms with E-state index in [1.807, 2.05) is 31.2 Å². The molecule has 2 N–H and O–H groups in total. The Morgan fingerprint density at radius 2 is 1.94 bits per heavy atom. The van der Waals surface area contributed by atoms with E-state index in [0.717, 1.165) is 31.2 Å². The lowest BCUT2D eigenvalue weighted by Crippen LogP contribution is -2.30. The van der Waals surface area contributed by atoms with Crippen LogP contribution >= 0.6 is 0 Å². The second-order valence-corrected chi connectivity index (χ2v) is 4.91. The summed E-state index contributed by atoms with van der Waals surface area (Å²) in [6, 6.07) is 7.80. The minimum absolute atomic E-state index is 0.117. The second kappa shape index (κ2) is 6.01. The van der Waals surface area contributed by atoms with E-state index in [-0.39, 0.29) is 17.7 Å². The summed E-state index contributed by atoms with van der Waals surface area (Å²) in [7, 11) is 0. The third kappa shape index (κ3) is 2.91. The van der Waals surface area contributed by atoms with E-state index in [1.165, 1.54) is 0 Å². The predicted molar refractivity (Wildman–Crippen MR) is 71.9 cm³/mol. The van der Waals surface area contributed by atoms with Crippen molar-refractivity contribution in [2.24, 2.45) is 11.7 Å². The summed E-state index contributed by atoms with van der Waals surface area (Å²) in [5, 5.41) is 0. The number of para-hydroxylation sites is 1. The third-order valence-corrected chi connectivity index (χ3v) is 3.59. The van der Waals surface area contributed by atoms with Crippen LogP contribution in [0.15, 0.2) is 24.3 Å². The molecule has 3 nitrogen and oxygen atoms in total. The lowest BCUT2D eigenvalue weighted by atomic mass is 9.82. The Kier molecular flexibility index (Phi) is 4.37. The molecule has 0 atom stereocenters. The van der Waals surface area contributed by atoms with E-state index in [2.05, 4.69) is 0 Å². The zero-order valence-electron chi connectivity index (χ0n) is 10.9. The molecule has 0 aliphatic heterocycles. The number of carbonyl (C=O) groups excluding carboxylic acids is 1. The highest BCUT2D eigenvalue weighted by atomic mass is 16.5. The predicted octanol–water partition coefficient (Wildman–Crippen LogP) is 2.79. The van der Waals surface area contributed by atoms with E-state index in [1.54, 1.807) is 0 Å². The van der Waals surface area contributed by atoms with Crippen molar-refractivity contribution >= 4 is 5.78 Å². The average molecular weight is 247 g/mol. The number of rotatable bonds is 4. The Hall–Kier alpha value is -1.35. The molecule has 1 fully saturated rings. The van der Waals surface area contributed by atoms with Crippen LogP contribution in [-0.2, 0) is 0 Å². The zero-order chi connectivity index (χ0) is 13.0. The van der Waals surface area contributed by atoms with Crippen LogP contribution in [0.5, 0.6) is 5.75 Å². The van der Waals surface area contributed by atoms with Gasteiger partial charge < -0.3 is 10.5 Å². The van der Waals surface area contributed by atoms with Crippen LogP contribution in [0.4, 0.5) is 0 Å². The van der Waals surface area contributed by atoms with Crippen LogP contribution in [-0.4, -0.2) is 18.4 Å². The SMILES string of the molecule is CCOc1ccccc1C(=O)C1CCC(N)CC1. The summed E-state index contributed by atoms with van der Waals surface area (Å²) in [6.45, 7) is 2.51. The van der Waals surface area contributed by atoms with Crippen LogP contribution in [0.2, 0.25) is 0 Å². The van der Waals surface area contributed by atoms with Crippen LogP contribution < -0.4 is 10.5 Å². The van der Waals surface area contributed by atoms with Crippen molar-refractivity contribution in [2.45, 2.75) is 38.6 Å². The zero-order valence-corrected chi connectivity index (χ0v) is 10.9. The van der Waals surface area contributed by atoms with Crippen LogP contribution in [0, 0.1) is 5.92 Å². The van der Waals surface area contributed by atoms with E-state index in [9.17, 15) is 4.79 Å². The number of benzene rings is 1. The molecule has 0 spiro atoms. The third-order valence-electron chi connectivity index (χ3n) is 3.59. The number of nitrogens with two attached hydrogens (primary N) is 1. The maximum atomic E-state index is 12.5. The lowest BCUT2D eigenvalue weighted by Gasteiger charge is -2.25. The Morgan fingerprint density at radius 3 is 2.61 bits per heavy atom. The molecule has 1 aliphatic rings. The molecule has 0 radical (unpaired) electrons. The summed E-state index contributed by atoms with van der Waals surface area (Å²) in [5.74, 6) is 1.04. The van der Waals surface area contributed by atoms with Crippen molar-refractivity contribution < 1.29 is 9.53 Å². The van der Waals surface area contributed by atoms with Crippen LogP contribution in [0.1, 0.15) is 43.0 Å². The highest BCUT2D eigenvalue weighted by Crippen LogP contribution is 2.29. The maximum absolute atomic E-state index is 12.5. The van der Waals surface area contributed by atoms with E-state index >= 15 is 0 Å². The van der Waals surface area contributed by atoms with Crippen molar-refractivity contribution in [1.29, 1.82) is 0 Å². The van der Waals surface area contributed by atoms with Gasteiger partial charge in [0.25, 0.3) is 0 Å². The number of hydrogen-bond donors (Lipinski definition) is 1. The molecule has 3 heteroatoms. The van der Waals surface area contributed by atoms with Crippen molar-refractivity contribution in [3.8, 4) is 5.75 Å². The minimum atomic E-state index is 0.117. The van der Waals surface area contributed by atoms with Gasteiger partial charge in [0.15, 0.2) is 5.78 Å². The molecule has 1 saturated carbocycles. The molecule has 1 aromatic carbocycles. The minimum Gasteiger partial charge on any atom is -0.493 e. The lowest BCUT2D eigenvalue weighted by molar-refractivity contribution is 0.0881. The first kappa shape index (κ1) is 13.1. The van der Waals surface area contributed by atoms with Gasteiger partial charge in [-0.25, -0.2) is 0 Å². The van der Waals surface area contributed by atoms with E-state index in [0.29, 0.717) is 12.4 Å². The van der Waals surface area contributed by atoms with Crippen molar-refractivity contribution in [3.05, 3.63) is 29.8 Å². The number of ether oxygens (including phenoxy) is 1. The van der Waals surface area contributed by atoms with E-state index < -0.39 is 0 Å². The van der Waals surface area contributed by atoms with Gasteiger partial charge in [-0.3, -0.25) is 4.79 Å². The highest BCUT2D eigenvalue weighted by molar-refractivity contribution is 6.00. The number of hydrogen-bond acceptors (Lipinski definition) is 3. The van der Waals surface area contributed by atoms with Crippen molar-refractivity contribution in [3.63, 3.8) is 0 Å². The van der Waals surface area contributed by atoms with Crippen molar-refractivity contribution in [1.82, 2.24) is 0 Å². The Balaban J connectivity index is 2.13. The quantitative estimate of drug-likeness (QED) is 0.832. The van der Waals surface area contributed by atoms with Gasteiger partial charge in [0, 0.05) is 12.0 Å². The second-order valence-electron chi connectivity index (χ2n) is 4.91. The molecular weight excluding hydrogens is 226 g/mol. The first-order chi connectivity index (χ1) is 8.72. The molecule has 1 aliphatic carbocycles. The molecule has 18 heavy (non-hydrogen) atoms. The topological polar surface area (TPSA) is 52.3 Å². The Labute approximate surface area is 108 Å². The highest BCUT2D eigenvalue weighted by Gasteiger charge is 2.26. The average Bonchev–Trinajstić information content (AvgIpc) is 2.40. The summed E-state index contributed by atoms with van der Waals surface area (Å²) in [4.78, 5) is 12.5. The fourth-order valence-corrected chi connectivity index (χ4v) is 2.55. The molecule has 0 saturated heterocycles. The molecular formula is C15H21NO2. The van der Waals surface area contributed by atoms with Crippen LogP contribution in [0.25, 0.3) is 0 Å². The summed E-state index contributed by atoms with van der Waals surface area (Å²) < 4.78 is 5.52. The van der Waals surface area contributed by atoms with Crippen molar-refractivity contribution in [2.75, 3.05) is 6.61 Å². The van der Waals surface area contributed by atoms with E-state index in [4.69, 9.17) is 10.5 Å². The molecule has 0 amide bonds. The fourth-order valence-electron chi connectivity index (χ4n) is 2.55. The molecule has 0 bridgehead atoms. The smallest absolute Gasteiger partial charge is 0.169 e. The number of carbonyl (C=O) groups is 1. The maximum Gasteiger partial charge on any atom is 0.169 e. The van der Waals surface area contributed by atoms with Gasteiger partial charge in [-0.15, -0.1) is 0 Å². The number of ketones is 1. The standard InChI is InChI=1S/C15H21NO2/c1-2-18-14-6-4-3-5-13(14)15(17)11-7-9-12(16)10-8-11/h3-6,11-12H,2,7-10,16H2,1H3. The monoisotopic (exact) mass is 247 g/mol. The molecule has 98 valence electrons. The van der Waals surface area contributed by atoms with Gasteiger partial charge in [0.2, 0.25) is 0 Å². The molecule has 2 rings (SSSR count). The largest absolute Gasteiger partial charge is 0.493 e. The first-order valence-electron chi connectivity index (χ1n) is 6.74.